The van der Waals surface area contributed by atoms with Crippen LogP contribution in [0.25, 0.3) is 0 Å². The van der Waals surface area contributed by atoms with Gasteiger partial charge in [-0.3, -0.25) is 14.8 Å². The molecule has 4 aromatic rings. The molecular weight excluding hydrogens is 410 g/mol. The summed E-state index contributed by atoms with van der Waals surface area (Å²) in [5.74, 6) is 0.0158. The van der Waals surface area contributed by atoms with Crippen LogP contribution < -0.4 is 5.32 Å². The molecular formula is C28H25N3O2. The van der Waals surface area contributed by atoms with Gasteiger partial charge in [-0.25, -0.2) is 0 Å². The maximum Gasteiger partial charge on any atom is 0.224 e. The Morgan fingerprint density at radius 3 is 1.97 bits per heavy atom. The van der Waals surface area contributed by atoms with Crippen molar-refractivity contribution in [2.45, 2.75) is 24.0 Å². The zero-order chi connectivity index (χ0) is 22.7. The van der Waals surface area contributed by atoms with Gasteiger partial charge in [-0.15, -0.1) is 0 Å². The Labute approximate surface area is 193 Å². The average Bonchev–Trinajstić information content (AvgIpc) is 3.70. The normalized spacial score (nSPS) is 18.3. The first-order valence-electron chi connectivity index (χ1n) is 11.1. The van der Waals surface area contributed by atoms with Gasteiger partial charge in [0.15, 0.2) is 0 Å². The predicted octanol–water partition coefficient (Wildman–Crippen LogP) is 4.37. The van der Waals surface area contributed by atoms with E-state index in [0.717, 1.165) is 12.0 Å². The molecule has 0 bridgehead atoms. The number of nitrogens with one attached hydrogen (secondary N) is 1. The number of aliphatic hydroxyl groups is 1. The first kappa shape index (κ1) is 21.0. The molecule has 0 aliphatic heterocycles. The summed E-state index contributed by atoms with van der Waals surface area (Å²) in [6, 6.07) is 26.2. The van der Waals surface area contributed by atoms with Gasteiger partial charge in [0.25, 0.3) is 0 Å². The third kappa shape index (κ3) is 4.15. The second-order valence-electron chi connectivity index (χ2n) is 8.46. The Bertz CT molecular complexity index is 1160. The monoisotopic (exact) mass is 435 g/mol. The van der Waals surface area contributed by atoms with Gasteiger partial charge in [-0.2, -0.15) is 0 Å². The van der Waals surface area contributed by atoms with Crippen LogP contribution >= 0.6 is 0 Å². The van der Waals surface area contributed by atoms with Crippen molar-refractivity contribution in [3.63, 3.8) is 0 Å². The Balaban J connectivity index is 1.54. The fourth-order valence-electron chi connectivity index (χ4n) is 4.55. The molecule has 2 heterocycles. The Hall–Kier alpha value is -3.83. The van der Waals surface area contributed by atoms with Crippen LogP contribution in [0.4, 0.5) is 0 Å². The fourth-order valence-corrected chi connectivity index (χ4v) is 4.55. The molecule has 3 atom stereocenters. The first-order chi connectivity index (χ1) is 16.2. The van der Waals surface area contributed by atoms with Gasteiger partial charge in [0, 0.05) is 41.8 Å². The maximum absolute atomic E-state index is 13.4. The van der Waals surface area contributed by atoms with E-state index in [0.29, 0.717) is 11.1 Å². The third-order valence-corrected chi connectivity index (χ3v) is 6.40. The molecule has 0 spiro atoms. The van der Waals surface area contributed by atoms with E-state index in [-0.39, 0.29) is 17.7 Å². The van der Waals surface area contributed by atoms with Gasteiger partial charge in [-0.05, 0) is 35.6 Å². The van der Waals surface area contributed by atoms with E-state index < -0.39 is 11.6 Å². The number of nitrogens with zero attached hydrogens (tertiary/aromatic N) is 2. The molecule has 1 aliphatic carbocycles. The SMILES string of the molecule is O=C(N[C@H](c1ccccc1)C(O)(c1cccnc1)c1cccnc1)C1CC1c1ccccc1. The molecule has 1 amide bonds. The summed E-state index contributed by atoms with van der Waals surface area (Å²) in [7, 11) is 0. The maximum atomic E-state index is 13.4. The molecule has 5 rings (SSSR count). The molecule has 0 saturated heterocycles. The number of aromatic nitrogens is 2. The largest absolute Gasteiger partial charge is 0.378 e. The van der Waals surface area contributed by atoms with Crippen LogP contribution in [0.1, 0.15) is 40.6 Å². The van der Waals surface area contributed by atoms with E-state index in [1.807, 2.05) is 60.7 Å². The number of amides is 1. The van der Waals surface area contributed by atoms with E-state index in [2.05, 4.69) is 27.4 Å². The molecule has 33 heavy (non-hydrogen) atoms. The number of carbonyl (C=O) groups excluding carboxylic acids is 1. The van der Waals surface area contributed by atoms with Crippen LogP contribution in [0.2, 0.25) is 0 Å². The Morgan fingerprint density at radius 2 is 1.42 bits per heavy atom. The summed E-state index contributed by atoms with van der Waals surface area (Å²) in [6.07, 6.45) is 7.41. The minimum absolute atomic E-state index is 0.0658. The summed E-state index contributed by atoms with van der Waals surface area (Å²) >= 11 is 0. The number of benzene rings is 2. The Morgan fingerprint density at radius 1 is 0.848 bits per heavy atom. The van der Waals surface area contributed by atoms with Gasteiger partial charge in [-0.1, -0.05) is 72.8 Å². The van der Waals surface area contributed by atoms with Gasteiger partial charge in [0.05, 0.1) is 6.04 Å². The van der Waals surface area contributed by atoms with Crippen molar-refractivity contribution in [1.29, 1.82) is 0 Å². The van der Waals surface area contributed by atoms with Crippen molar-refractivity contribution < 1.29 is 9.90 Å². The van der Waals surface area contributed by atoms with Crippen LogP contribution in [-0.4, -0.2) is 21.0 Å². The molecule has 2 aromatic carbocycles. The lowest BCUT2D eigenvalue weighted by Crippen LogP contribution is -2.45. The molecule has 2 unspecified atom stereocenters. The standard InChI is InChI=1S/C28H25N3O2/c32-27(25-17-24(25)20-9-3-1-4-10-20)31-26(21-11-5-2-6-12-21)28(33,22-13-7-15-29-18-22)23-14-8-16-30-19-23/h1-16,18-19,24-26,33H,17H2,(H,31,32)/t24?,25?,26-/m1/s1. The summed E-state index contributed by atoms with van der Waals surface area (Å²) in [5.41, 5.74) is 1.59. The summed E-state index contributed by atoms with van der Waals surface area (Å²) in [5, 5.41) is 15.5. The van der Waals surface area contributed by atoms with E-state index in [9.17, 15) is 9.90 Å². The number of pyridine rings is 2. The molecule has 1 aliphatic rings. The van der Waals surface area contributed by atoms with E-state index in [1.54, 1.807) is 36.9 Å². The van der Waals surface area contributed by atoms with Crippen LogP contribution in [0, 0.1) is 5.92 Å². The first-order valence-corrected chi connectivity index (χ1v) is 11.1. The molecule has 0 radical (unpaired) electrons. The number of hydrogen-bond acceptors (Lipinski definition) is 4. The molecule has 5 nitrogen and oxygen atoms in total. The fraction of sp³-hybridized carbons (Fsp3) is 0.179. The van der Waals surface area contributed by atoms with E-state index >= 15 is 0 Å². The van der Waals surface area contributed by atoms with Crippen molar-refractivity contribution in [2.75, 3.05) is 0 Å². The topological polar surface area (TPSA) is 75.1 Å². The van der Waals surface area contributed by atoms with Crippen molar-refractivity contribution in [3.8, 4) is 0 Å². The highest BCUT2D eigenvalue weighted by molar-refractivity contribution is 5.83. The zero-order valence-corrected chi connectivity index (χ0v) is 18.1. The molecule has 164 valence electrons. The predicted molar refractivity (Wildman–Crippen MR) is 126 cm³/mol. The summed E-state index contributed by atoms with van der Waals surface area (Å²) < 4.78 is 0. The van der Waals surface area contributed by atoms with E-state index in [4.69, 9.17) is 0 Å². The van der Waals surface area contributed by atoms with Gasteiger partial charge in [0.2, 0.25) is 5.91 Å². The highest BCUT2D eigenvalue weighted by Gasteiger charge is 2.48. The highest BCUT2D eigenvalue weighted by atomic mass is 16.3. The highest BCUT2D eigenvalue weighted by Crippen LogP contribution is 2.48. The quantitative estimate of drug-likeness (QED) is 0.452. The molecule has 1 saturated carbocycles. The molecule has 5 heteroatoms. The van der Waals surface area contributed by atoms with Crippen molar-refractivity contribution in [3.05, 3.63) is 132 Å². The smallest absolute Gasteiger partial charge is 0.224 e. The third-order valence-electron chi connectivity index (χ3n) is 6.40. The lowest BCUT2D eigenvalue weighted by atomic mass is 9.78. The molecule has 2 aromatic heterocycles. The van der Waals surface area contributed by atoms with Gasteiger partial charge in [0.1, 0.15) is 5.60 Å². The lowest BCUT2D eigenvalue weighted by molar-refractivity contribution is -0.125. The number of hydrogen-bond donors (Lipinski definition) is 2. The number of rotatable bonds is 7. The van der Waals surface area contributed by atoms with Crippen LogP contribution in [0.15, 0.2) is 110 Å². The van der Waals surface area contributed by atoms with E-state index in [1.165, 1.54) is 5.56 Å². The Kier molecular flexibility index (Phi) is 5.71. The second-order valence-corrected chi connectivity index (χ2v) is 8.46. The van der Waals surface area contributed by atoms with Crippen LogP contribution in [0.3, 0.4) is 0 Å². The van der Waals surface area contributed by atoms with Crippen molar-refractivity contribution >= 4 is 5.91 Å². The lowest BCUT2D eigenvalue weighted by Gasteiger charge is -2.37. The average molecular weight is 436 g/mol. The molecule has 1 fully saturated rings. The summed E-state index contributed by atoms with van der Waals surface area (Å²) in [4.78, 5) is 21.9. The van der Waals surface area contributed by atoms with Crippen molar-refractivity contribution in [2.24, 2.45) is 5.92 Å². The molecule has 2 N–H and O–H groups in total. The van der Waals surface area contributed by atoms with Gasteiger partial charge >= 0.3 is 0 Å². The second kappa shape index (κ2) is 8.96. The zero-order valence-electron chi connectivity index (χ0n) is 18.1. The minimum atomic E-state index is -1.56. The summed E-state index contributed by atoms with van der Waals surface area (Å²) in [6.45, 7) is 0. The van der Waals surface area contributed by atoms with Crippen LogP contribution in [-0.2, 0) is 10.4 Å². The van der Waals surface area contributed by atoms with Crippen molar-refractivity contribution in [1.82, 2.24) is 15.3 Å². The van der Waals surface area contributed by atoms with Gasteiger partial charge < -0.3 is 10.4 Å². The number of carbonyl (C=O) groups is 1. The van der Waals surface area contributed by atoms with Crippen LogP contribution in [0.5, 0.6) is 0 Å². The minimum Gasteiger partial charge on any atom is -0.378 e.